The minimum atomic E-state index is -0.0823. The van der Waals surface area contributed by atoms with E-state index >= 15 is 0 Å². The average Bonchev–Trinajstić information content (AvgIpc) is 2.78. The number of nitrogens with one attached hydrogen (secondary N) is 1. The summed E-state index contributed by atoms with van der Waals surface area (Å²) in [7, 11) is 1.70. The molecule has 0 aliphatic rings. The molecule has 92 valence electrons. The maximum atomic E-state index is 5.56. The normalized spacial score (nSPS) is 14.0. The van der Waals surface area contributed by atoms with Crippen LogP contribution in [0.5, 0.6) is 0 Å². The highest BCUT2D eigenvalue weighted by atomic mass is 32.1. The van der Waals surface area contributed by atoms with Gasteiger partial charge < -0.3 is 15.8 Å². The molecule has 4 nitrogen and oxygen atoms in total. The fourth-order valence-corrected chi connectivity index (χ4v) is 2.22. The van der Waals surface area contributed by atoms with Crippen molar-refractivity contribution in [3.63, 3.8) is 0 Å². The highest BCUT2D eigenvalue weighted by molar-refractivity contribution is 7.09. The van der Waals surface area contributed by atoms with Crippen LogP contribution < -0.4 is 11.1 Å². The molecule has 0 saturated heterocycles. The molecule has 5 heteroatoms. The van der Waals surface area contributed by atoms with Crippen molar-refractivity contribution in [2.24, 2.45) is 5.73 Å². The molecule has 1 aromatic heterocycles. The zero-order chi connectivity index (χ0) is 12.0. The Bertz CT molecular complexity index is 283. The molecule has 0 aromatic carbocycles. The number of thiazole rings is 1. The van der Waals surface area contributed by atoms with Gasteiger partial charge >= 0.3 is 0 Å². The van der Waals surface area contributed by atoms with Crippen molar-refractivity contribution < 1.29 is 4.74 Å². The van der Waals surface area contributed by atoms with Crippen LogP contribution in [-0.4, -0.2) is 31.3 Å². The molecule has 0 amide bonds. The third-order valence-electron chi connectivity index (χ3n) is 2.60. The second-order valence-electron chi connectivity index (χ2n) is 4.27. The summed E-state index contributed by atoms with van der Waals surface area (Å²) in [5, 5.41) is 6.58. The number of methoxy groups -OCH3 is 1. The van der Waals surface area contributed by atoms with Crippen LogP contribution in [-0.2, 0) is 10.3 Å². The average molecular weight is 243 g/mol. The van der Waals surface area contributed by atoms with E-state index in [-0.39, 0.29) is 11.6 Å². The number of nitrogens with two attached hydrogens (primary N) is 1. The van der Waals surface area contributed by atoms with Crippen LogP contribution in [0.1, 0.15) is 25.3 Å². The summed E-state index contributed by atoms with van der Waals surface area (Å²) in [6.07, 6.45) is 2.89. The number of hydrogen-bond acceptors (Lipinski definition) is 5. The predicted octanol–water partition coefficient (Wildman–Crippen LogP) is 1.33. The topological polar surface area (TPSA) is 60.2 Å². The van der Waals surface area contributed by atoms with Gasteiger partial charge in [0.25, 0.3) is 0 Å². The second-order valence-corrected chi connectivity index (χ2v) is 5.17. The lowest BCUT2D eigenvalue weighted by Crippen LogP contribution is -2.39. The van der Waals surface area contributed by atoms with Crippen LogP contribution in [0.25, 0.3) is 0 Å². The van der Waals surface area contributed by atoms with Crippen molar-refractivity contribution in [1.82, 2.24) is 10.3 Å². The number of aromatic nitrogens is 1. The fourth-order valence-electron chi connectivity index (χ4n) is 1.49. The van der Waals surface area contributed by atoms with Crippen LogP contribution >= 0.6 is 11.3 Å². The van der Waals surface area contributed by atoms with Gasteiger partial charge in [-0.3, -0.25) is 0 Å². The molecule has 0 radical (unpaired) electrons. The molecule has 1 atom stereocenters. The Morgan fingerprint density at radius 3 is 2.88 bits per heavy atom. The van der Waals surface area contributed by atoms with E-state index in [1.165, 1.54) is 0 Å². The molecule has 16 heavy (non-hydrogen) atoms. The fraction of sp³-hybridized carbons (Fsp3) is 0.727. The first-order chi connectivity index (χ1) is 7.60. The van der Waals surface area contributed by atoms with E-state index in [4.69, 9.17) is 10.5 Å². The van der Waals surface area contributed by atoms with Gasteiger partial charge in [0.2, 0.25) is 0 Å². The summed E-state index contributed by atoms with van der Waals surface area (Å²) in [4.78, 5) is 4.33. The molecule has 0 aliphatic heterocycles. The van der Waals surface area contributed by atoms with Gasteiger partial charge in [-0.25, -0.2) is 4.98 Å². The molecule has 1 unspecified atom stereocenters. The van der Waals surface area contributed by atoms with Crippen LogP contribution in [0.4, 0.5) is 0 Å². The molecule has 1 aromatic rings. The van der Waals surface area contributed by atoms with Crippen LogP contribution in [0, 0.1) is 0 Å². The lowest BCUT2D eigenvalue weighted by molar-refractivity contribution is 0.1000. The van der Waals surface area contributed by atoms with Crippen molar-refractivity contribution in [2.75, 3.05) is 20.2 Å². The molecular formula is C11H21N3OS. The van der Waals surface area contributed by atoms with Crippen molar-refractivity contribution >= 4 is 11.3 Å². The standard InChI is InChI=1S/C11H21N3OS/c1-11(2,10-13-6-7-16-10)14-5-4-9(8-12)15-3/h6-7,9,14H,4-5,8,12H2,1-3H3. The Morgan fingerprint density at radius 2 is 2.38 bits per heavy atom. The van der Waals surface area contributed by atoms with Crippen molar-refractivity contribution in [3.05, 3.63) is 16.6 Å². The van der Waals surface area contributed by atoms with E-state index in [1.54, 1.807) is 18.4 Å². The number of ether oxygens (including phenoxy) is 1. The van der Waals surface area contributed by atoms with E-state index in [2.05, 4.69) is 24.1 Å². The van der Waals surface area contributed by atoms with Crippen molar-refractivity contribution in [1.29, 1.82) is 0 Å². The third-order valence-corrected chi connectivity index (χ3v) is 3.69. The molecule has 0 fully saturated rings. The summed E-state index contributed by atoms with van der Waals surface area (Å²) in [5.74, 6) is 0. The first-order valence-electron chi connectivity index (χ1n) is 5.48. The summed E-state index contributed by atoms with van der Waals surface area (Å²) in [6.45, 7) is 5.71. The molecule has 1 heterocycles. The smallest absolute Gasteiger partial charge is 0.112 e. The third kappa shape index (κ3) is 3.83. The van der Waals surface area contributed by atoms with Crippen LogP contribution in [0.3, 0.4) is 0 Å². The molecule has 0 bridgehead atoms. The maximum Gasteiger partial charge on any atom is 0.112 e. The van der Waals surface area contributed by atoms with Gasteiger partial charge in [0.05, 0.1) is 11.6 Å². The Balaban J connectivity index is 2.37. The Kier molecular flexibility index (Phi) is 5.34. The van der Waals surface area contributed by atoms with Crippen LogP contribution in [0.2, 0.25) is 0 Å². The van der Waals surface area contributed by atoms with Gasteiger partial charge in [-0.1, -0.05) is 0 Å². The quantitative estimate of drug-likeness (QED) is 0.758. The van der Waals surface area contributed by atoms with E-state index in [0.717, 1.165) is 18.0 Å². The summed E-state index contributed by atoms with van der Waals surface area (Å²) < 4.78 is 5.23. The zero-order valence-corrected chi connectivity index (χ0v) is 11.0. The van der Waals surface area contributed by atoms with Crippen LogP contribution in [0.15, 0.2) is 11.6 Å². The monoisotopic (exact) mass is 243 g/mol. The van der Waals surface area contributed by atoms with Gasteiger partial charge in [-0.05, 0) is 26.8 Å². The lowest BCUT2D eigenvalue weighted by atomic mass is 10.1. The molecule has 0 spiro atoms. The maximum absolute atomic E-state index is 5.56. The number of hydrogen-bond donors (Lipinski definition) is 2. The highest BCUT2D eigenvalue weighted by Gasteiger charge is 2.22. The molecular weight excluding hydrogens is 222 g/mol. The summed E-state index contributed by atoms with van der Waals surface area (Å²) in [6, 6.07) is 0. The number of nitrogens with zero attached hydrogens (tertiary/aromatic N) is 1. The molecule has 3 N–H and O–H groups in total. The highest BCUT2D eigenvalue weighted by Crippen LogP contribution is 2.21. The zero-order valence-electron chi connectivity index (χ0n) is 10.2. The van der Waals surface area contributed by atoms with Gasteiger partial charge in [-0.15, -0.1) is 11.3 Å². The van der Waals surface area contributed by atoms with Gasteiger partial charge in [-0.2, -0.15) is 0 Å². The van der Waals surface area contributed by atoms with Crippen molar-refractivity contribution in [2.45, 2.75) is 31.9 Å². The largest absolute Gasteiger partial charge is 0.380 e. The molecule has 1 rings (SSSR count). The SMILES string of the molecule is COC(CN)CCNC(C)(C)c1nccs1. The molecule has 0 saturated carbocycles. The number of rotatable bonds is 7. The van der Waals surface area contributed by atoms with Crippen molar-refractivity contribution in [3.8, 4) is 0 Å². The molecule has 0 aliphatic carbocycles. The van der Waals surface area contributed by atoms with E-state index < -0.39 is 0 Å². The van der Waals surface area contributed by atoms with E-state index in [1.807, 2.05) is 11.6 Å². The minimum Gasteiger partial charge on any atom is -0.380 e. The Labute approximate surface area is 101 Å². The summed E-state index contributed by atoms with van der Waals surface area (Å²) >= 11 is 1.67. The Morgan fingerprint density at radius 1 is 1.62 bits per heavy atom. The minimum absolute atomic E-state index is 0.0823. The van der Waals surface area contributed by atoms with Gasteiger partial charge in [0.1, 0.15) is 5.01 Å². The van der Waals surface area contributed by atoms with E-state index in [9.17, 15) is 0 Å². The first kappa shape index (κ1) is 13.6. The van der Waals surface area contributed by atoms with Gasteiger partial charge in [0, 0.05) is 25.2 Å². The summed E-state index contributed by atoms with van der Waals surface area (Å²) in [5.41, 5.74) is 5.48. The van der Waals surface area contributed by atoms with E-state index in [0.29, 0.717) is 6.54 Å². The van der Waals surface area contributed by atoms with Gasteiger partial charge in [0.15, 0.2) is 0 Å². The Hall–Kier alpha value is -0.490. The predicted molar refractivity (Wildman–Crippen MR) is 67.6 cm³/mol. The lowest BCUT2D eigenvalue weighted by Gasteiger charge is -2.25. The first-order valence-corrected chi connectivity index (χ1v) is 6.36. The second kappa shape index (κ2) is 6.30.